The number of halogens is 1. The summed E-state index contributed by atoms with van der Waals surface area (Å²) < 4.78 is 8.81. The van der Waals surface area contributed by atoms with Crippen LogP contribution in [0.25, 0.3) is 10.2 Å². The molecule has 0 fully saturated rings. The van der Waals surface area contributed by atoms with Crippen molar-refractivity contribution in [3.8, 4) is 0 Å². The monoisotopic (exact) mass is 242 g/mol. The predicted molar refractivity (Wildman–Crippen MR) is 58.4 cm³/mol. The van der Waals surface area contributed by atoms with Gasteiger partial charge in [-0.25, -0.2) is 9.78 Å². The lowest BCUT2D eigenvalue weighted by molar-refractivity contribution is 0.0526. The van der Waals surface area contributed by atoms with Gasteiger partial charge in [0.1, 0.15) is 4.83 Å². The SMILES string of the molecule is CCOC(=O)c1cnc2sncc2c1Cl. The second kappa shape index (κ2) is 4.12. The molecule has 0 unspecified atom stereocenters. The molecule has 0 radical (unpaired) electrons. The second-order valence-electron chi connectivity index (χ2n) is 2.75. The van der Waals surface area contributed by atoms with E-state index in [-0.39, 0.29) is 5.56 Å². The van der Waals surface area contributed by atoms with Crippen molar-refractivity contribution in [3.05, 3.63) is 23.0 Å². The summed E-state index contributed by atoms with van der Waals surface area (Å²) in [6, 6.07) is 0. The summed E-state index contributed by atoms with van der Waals surface area (Å²) in [7, 11) is 0. The molecule has 78 valence electrons. The molecule has 0 aliphatic carbocycles. The number of aromatic nitrogens is 2. The van der Waals surface area contributed by atoms with Gasteiger partial charge >= 0.3 is 5.97 Å². The van der Waals surface area contributed by atoms with Crippen LogP contribution in [0.5, 0.6) is 0 Å². The summed E-state index contributed by atoms with van der Waals surface area (Å²) >= 11 is 7.28. The molecule has 2 aromatic heterocycles. The van der Waals surface area contributed by atoms with Crippen molar-refractivity contribution in [2.24, 2.45) is 0 Å². The van der Waals surface area contributed by atoms with Gasteiger partial charge in [0.05, 0.1) is 28.8 Å². The zero-order chi connectivity index (χ0) is 10.8. The molecule has 4 nitrogen and oxygen atoms in total. The highest BCUT2D eigenvalue weighted by molar-refractivity contribution is 7.12. The first-order valence-electron chi connectivity index (χ1n) is 4.30. The van der Waals surface area contributed by atoms with Gasteiger partial charge in [-0.3, -0.25) is 0 Å². The van der Waals surface area contributed by atoms with Crippen molar-refractivity contribution >= 4 is 39.3 Å². The van der Waals surface area contributed by atoms with Crippen LogP contribution in [-0.2, 0) is 4.74 Å². The number of hydrogen-bond acceptors (Lipinski definition) is 5. The van der Waals surface area contributed by atoms with Crippen LogP contribution in [0, 0.1) is 0 Å². The van der Waals surface area contributed by atoms with Gasteiger partial charge in [-0.2, -0.15) is 4.37 Å². The summed E-state index contributed by atoms with van der Waals surface area (Å²) in [6.07, 6.45) is 3.01. The second-order valence-corrected chi connectivity index (χ2v) is 3.91. The molecule has 0 aliphatic heterocycles. The Morgan fingerprint density at radius 1 is 1.60 bits per heavy atom. The molecule has 0 aliphatic rings. The number of hydrogen-bond donors (Lipinski definition) is 0. The van der Waals surface area contributed by atoms with Crippen LogP contribution in [0.3, 0.4) is 0 Å². The molecule has 2 rings (SSSR count). The number of rotatable bonds is 2. The molecule has 0 spiro atoms. The molecule has 0 bridgehead atoms. The minimum Gasteiger partial charge on any atom is -0.462 e. The summed E-state index contributed by atoms with van der Waals surface area (Å²) in [5.74, 6) is -0.455. The normalized spacial score (nSPS) is 10.5. The first-order valence-corrected chi connectivity index (χ1v) is 5.45. The van der Waals surface area contributed by atoms with E-state index in [1.54, 1.807) is 13.1 Å². The third-order valence-electron chi connectivity index (χ3n) is 1.83. The highest BCUT2D eigenvalue weighted by atomic mass is 35.5. The number of carbonyl (C=O) groups excluding carboxylic acids is 1. The highest BCUT2D eigenvalue weighted by Gasteiger charge is 2.15. The van der Waals surface area contributed by atoms with Gasteiger partial charge in [0, 0.05) is 6.20 Å². The van der Waals surface area contributed by atoms with Crippen molar-refractivity contribution in [2.45, 2.75) is 6.92 Å². The smallest absolute Gasteiger partial charge is 0.341 e. The Morgan fingerprint density at radius 3 is 3.13 bits per heavy atom. The average molecular weight is 243 g/mol. The Labute approximate surface area is 95.0 Å². The summed E-state index contributed by atoms with van der Waals surface area (Å²) in [4.78, 5) is 16.3. The predicted octanol–water partition coefficient (Wildman–Crippen LogP) is 2.52. The van der Waals surface area contributed by atoms with E-state index in [9.17, 15) is 4.79 Å². The number of fused-ring (bicyclic) bond motifs is 1. The molecule has 0 atom stereocenters. The minimum absolute atomic E-state index is 0.284. The van der Waals surface area contributed by atoms with E-state index in [1.807, 2.05) is 0 Å². The van der Waals surface area contributed by atoms with Crippen LogP contribution in [-0.4, -0.2) is 21.9 Å². The maximum absolute atomic E-state index is 11.5. The van der Waals surface area contributed by atoms with Crippen LogP contribution in [0.15, 0.2) is 12.4 Å². The Hall–Kier alpha value is -1.20. The van der Waals surface area contributed by atoms with Gasteiger partial charge in [-0.1, -0.05) is 11.6 Å². The molecular weight excluding hydrogens is 236 g/mol. The topological polar surface area (TPSA) is 52.1 Å². The van der Waals surface area contributed by atoms with Crippen molar-refractivity contribution < 1.29 is 9.53 Å². The van der Waals surface area contributed by atoms with Gasteiger partial charge < -0.3 is 4.74 Å². The highest BCUT2D eigenvalue weighted by Crippen LogP contribution is 2.27. The molecule has 2 aromatic rings. The fraction of sp³-hybridized carbons (Fsp3) is 0.222. The van der Waals surface area contributed by atoms with Crippen molar-refractivity contribution in [2.75, 3.05) is 6.61 Å². The molecule has 6 heteroatoms. The largest absolute Gasteiger partial charge is 0.462 e. The maximum Gasteiger partial charge on any atom is 0.341 e. The number of carbonyl (C=O) groups is 1. The molecule has 0 saturated carbocycles. The van der Waals surface area contributed by atoms with Crippen LogP contribution in [0.1, 0.15) is 17.3 Å². The van der Waals surface area contributed by atoms with Gasteiger partial charge in [0.2, 0.25) is 0 Å². The number of esters is 1. The Kier molecular flexibility index (Phi) is 2.83. The average Bonchev–Trinajstić information content (AvgIpc) is 2.67. The third kappa shape index (κ3) is 1.80. The van der Waals surface area contributed by atoms with Crippen LogP contribution in [0.2, 0.25) is 5.02 Å². The van der Waals surface area contributed by atoms with E-state index in [0.717, 1.165) is 0 Å². The minimum atomic E-state index is -0.455. The maximum atomic E-state index is 11.5. The molecular formula is C9H7ClN2O2S. The van der Waals surface area contributed by atoms with Gasteiger partial charge in [0.15, 0.2) is 0 Å². The Bertz CT molecular complexity index is 512. The van der Waals surface area contributed by atoms with Gasteiger partial charge in [0.25, 0.3) is 0 Å². The standard InChI is InChI=1S/C9H7ClN2O2S/c1-2-14-9(13)6-3-11-8-5(7(6)10)4-12-15-8/h3-4H,2H2,1H3. The van der Waals surface area contributed by atoms with Gasteiger partial charge in [-0.05, 0) is 18.5 Å². The van der Waals surface area contributed by atoms with E-state index in [4.69, 9.17) is 16.3 Å². The molecule has 0 saturated heterocycles. The summed E-state index contributed by atoms with van der Waals surface area (Å²) in [5.41, 5.74) is 0.284. The first-order chi connectivity index (χ1) is 7.24. The number of ether oxygens (including phenoxy) is 1. The van der Waals surface area contributed by atoms with E-state index in [0.29, 0.717) is 21.8 Å². The lowest BCUT2D eigenvalue weighted by Gasteiger charge is -2.03. The summed E-state index contributed by atoms with van der Waals surface area (Å²) in [6.45, 7) is 2.05. The van der Waals surface area contributed by atoms with Crippen molar-refractivity contribution in [1.82, 2.24) is 9.36 Å². The van der Waals surface area contributed by atoms with Crippen molar-refractivity contribution in [3.63, 3.8) is 0 Å². The van der Waals surface area contributed by atoms with Crippen LogP contribution >= 0.6 is 23.1 Å². The Morgan fingerprint density at radius 2 is 2.40 bits per heavy atom. The molecule has 15 heavy (non-hydrogen) atoms. The lowest BCUT2D eigenvalue weighted by atomic mass is 10.2. The van der Waals surface area contributed by atoms with E-state index >= 15 is 0 Å². The number of nitrogens with zero attached hydrogens (tertiary/aromatic N) is 2. The van der Waals surface area contributed by atoms with Gasteiger partial charge in [-0.15, -0.1) is 0 Å². The fourth-order valence-corrected chi connectivity index (χ4v) is 2.08. The zero-order valence-electron chi connectivity index (χ0n) is 7.86. The zero-order valence-corrected chi connectivity index (χ0v) is 9.43. The molecule has 0 aromatic carbocycles. The third-order valence-corrected chi connectivity index (χ3v) is 2.95. The van der Waals surface area contributed by atoms with E-state index in [2.05, 4.69) is 9.36 Å². The first kappa shape index (κ1) is 10.3. The quantitative estimate of drug-likeness (QED) is 0.760. The molecule has 2 heterocycles. The summed E-state index contributed by atoms with van der Waals surface area (Å²) in [5, 5.41) is 1.04. The fourth-order valence-electron chi connectivity index (χ4n) is 1.15. The Balaban J connectivity index is 2.52. The van der Waals surface area contributed by atoms with Crippen molar-refractivity contribution in [1.29, 1.82) is 0 Å². The lowest BCUT2D eigenvalue weighted by Crippen LogP contribution is -2.05. The van der Waals surface area contributed by atoms with Crippen LogP contribution < -0.4 is 0 Å². The van der Waals surface area contributed by atoms with E-state index in [1.165, 1.54) is 17.7 Å². The number of pyridine rings is 1. The molecule has 0 amide bonds. The van der Waals surface area contributed by atoms with Crippen LogP contribution in [0.4, 0.5) is 0 Å². The molecule has 0 N–H and O–H groups in total. The van der Waals surface area contributed by atoms with E-state index < -0.39 is 5.97 Å².